The average molecular weight is 269 g/mol. The van der Waals surface area contributed by atoms with Crippen molar-refractivity contribution in [3.05, 3.63) is 39.0 Å². The fraction of sp³-hybridized carbons (Fsp3) is 0.364. The van der Waals surface area contributed by atoms with Crippen molar-refractivity contribution >= 4 is 11.7 Å². The summed E-state index contributed by atoms with van der Waals surface area (Å²) in [6.45, 7) is 3.16. The molecule has 0 aliphatic rings. The van der Waals surface area contributed by atoms with Gasteiger partial charge in [-0.05, 0) is 13.5 Å². The molecule has 0 saturated heterocycles. The van der Waals surface area contributed by atoms with E-state index in [9.17, 15) is 19.5 Å². The van der Waals surface area contributed by atoms with Crippen LogP contribution in [0.4, 0.5) is 0 Å². The molecule has 1 N–H and O–H groups in total. The molecule has 1 aromatic rings. The van der Waals surface area contributed by atoms with Crippen LogP contribution in [0.2, 0.25) is 0 Å². The molecule has 0 unspecified atom stereocenters. The number of hydrogen-bond donors (Lipinski definition) is 1. The van der Waals surface area contributed by atoms with E-state index >= 15 is 0 Å². The molecular weight excluding hydrogens is 256 g/mol. The lowest BCUT2D eigenvalue weighted by Crippen LogP contribution is -2.33. The van der Waals surface area contributed by atoms with Crippen LogP contribution in [-0.2, 0) is 14.3 Å². The lowest BCUT2D eigenvalue weighted by Gasteiger charge is -2.18. The minimum absolute atomic E-state index is 0.0276. The molecular formula is C11H13N2O6-. The van der Waals surface area contributed by atoms with Gasteiger partial charge in [0.15, 0.2) is 5.70 Å². The van der Waals surface area contributed by atoms with Crippen molar-refractivity contribution in [1.29, 1.82) is 0 Å². The second-order valence-electron chi connectivity index (χ2n) is 3.27. The number of esters is 1. The lowest BCUT2D eigenvalue weighted by molar-refractivity contribution is -0.355. The third-order valence-corrected chi connectivity index (χ3v) is 2.00. The molecule has 19 heavy (non-hydrogen) atoms. The van der Waals surface area contributed by atoms with Crippen molar-refractivity contribution in [2.24, 2.45) is 0 Å². The van der Waals surface area contributed by atoms with Crippen LogP contribution in [-0.4, -0.2) is 28.7 Å². The number of rotatable bonds is 5. The summed E-state index contributed by atoms with van der Waals surface area (Å²) in [5.41, 5.74) is -2.18. The Labute approximate surface area is 107 Å². The van der Waals surface area contributed by atoms with Crippen LogP contribution in [0.5, 0.6) is 0 Å². The summed E-state index contributed by atoms with van der Waals surface area (Å²) >= 11 is 0. The van der Waals surface area contributed by atoms with Crippen molar-refractivity contribution in [1.82, 2.24) is 9.55 Å². The van der Waals surface area contributed by atoms with Crippen LogP contribution >= 0.6 is 0 Å². The normalized spacial score (nSPS) is 11.7. The maximum absolute atomic E-state index is 11.7. The van der Waals surface area contributed by atoms with Crippen LogP contribution < -0.4 is 16.4 Å². The highest BCUT2D eigenvalue weighted by Crippen LogP contribution is 2.08. The Kier molecular flexibility index (Phi) is 4.92. The lowest BCUT2D eigenvalue weighted by atomic mass is 10.4. The quantitative estimate of drug-likeness (QED) is 0.400. The number of nitrogens with zero attached hydrogens (tertiary/aromatic N) is 1. The van der Waals surface area contributed by atoms with Gasteiger partial charge in [0.2, 0.25) is 0 Å². The van der Waals surface area contributed by atoms with Gasteiger partial charge in [0.25, 0.3) is 5.56 Å². The maximum Gasteiger partial charge on any atom is 0.357 e. The van der Waals surface area contributed by atoms with E-state index < -0.39 is 28.9 Å². The number of H-pyrrole nitrogens is 1. The smallest absolute Gasteiger partial charge is 0.357 e. The van der Waals surface area contributed by atoms with Crippen molar-refractivity contribution < 1.29 is 19.4 Å². The van der Waals surface area contributed by atoms with E-state index in [-0.39, 0.29) is 13.2 Å². The fourth-order valence-corrected chi connectivity index (χ4v) is 1.27. The van der Waals surface area contributed by atoms with E-state index in [1.54, 1.807) is 13.8 Å². The Morgan fingerprint density at radius 3 is 2.47 bits per heavy atom. The molecule has 1 heterocycles. The summed E-state index contributed by atoms with van der Waals surface area (Å²) in [5, 5.41) is 11.7. The summed E-state index contributed by atoms with van der Waals surface area (Å²) in [5.74, 6) is -2.01. The highest BCUT2D eigenvalue weighted by atomic mass is 16.6. The standard InChI is InChI=1S/C11H14N2O6/c1-3-18-9(15)8(10(16)19-4-2)13-6-5-7(14)12-11(13)17/h5-6,15H,3-4H2,1-2H3,(H,12,14,17)/p-1/b9-8-. The minimum Gasteiger partial charge on any atom is -0.612 e. The van der Waals surface area contributed by atoms with Gasteiger partial charge in [-0.25, -0.2) is 9.59 Å². The van der Waals surface area contributed by atoms with Gasteiger partial charge >= 0.3 is 11.7 Å². The molecule has 0 radical (unpaired) electrons. The molecule has 0 aromatic carbocycles. The molecule has 1 aromatic heterocycles. The van der Waals surface area contributed by atoms with E-state index in [1.807, 2.05) is 4.98 Å². The Balaban J connectivity index is 3.39. The zero-order valence-corrected chi connectivity index (χ0v) is 10.5. The van der Waals surface area contributed by atoms with Crippen LogP contribution in [0, 0.1) is 0 Å². The van der Waals surface area contributed by atoms with E-state index in [4.69, 9.17) is 0 Å². The third-order valence-electron chi connectivity index (χ3n) is 2.00. The maximum atomic E-state index is 11.7. The molecule has 0 spiro atoms. The minimum atomic E-state index is -1.00. The third kappa shape index (κ3) is 3.47. The fourth-order valence-electron chi connectivity index (χ4n) is 1.27. The van der Waals surface area contributed by atoms with Crippen molar-refractivity contribution in [3.8, 4) is 0 Å². The molecule has 0 bridgehead atoms. The summed E-state index contributed by atoms with van der Waals surface area (Å²) < 4.78 is 10.0. The number of hydrogen-bond acceptors (Lipinski definition) is 6. The molecule has 104 valence electrons. The SMILES string of the molecule is CCOC(=O)/C(=C(\[O-])OCC)n1ccc(=O)[nH]c1=O. The number of carbonyl (C=O) groups is 1. The number of ether oxygens (including phenoxy) is 2. The summed E-state index contributed by atoms with van der Waals surface area (Å²) in [4.78, 5) is 36.1. The largest absolute Gasteiger partial charge is 0.612 e. The first-order valence-electron chi connectivity index (χ1n) is 5.54. The Morgan fingerprint density at radius 1 is 1.32 bits per heavy atom. The Morgan fingerprint density at radius 2 is 1.95 bits per heavy atom. The van der Waals surface area contributed by atoms with Crippen molar-refractivity contribution in [3.63, 3.8) is 0 Å². The van der Waals surface area contributed by atoms with Gasteiger partial charge in [0.1, 0.15) is 0 Å². The van der Waals surface area contributed by atoms with E-state index in [0.29, 0.717) is 4.57 Å². The molecule has 0 aliphatic heterocycles. The van der Waals surface area contributed by atoms with Crippen molar-refractivity contribution in [2.75, 3.05) is 13.2 Å². The van der Waals surface area contributed by atoms with Gasteiger partial charge in [-0.15, -0.1) is 0 Å². The van der Waals surface area contributed by atoms with Crippen LogP contribution in [0.15, 0.2) is 27.8 Å². The van der Waals surface area contributed by atoms with Crippen molar-refractivity contribution in [2.45, 2.75) is 13.8 Å². The highest BCUT2D eigenvalue weighted by molar-refractivity contribution is 6.10. The number of aromatic nitrogens is 2. The van der Waals surface area contributed by atoms with Gasteiger partial charge in [-0.3, -0.25) is 14.3 Å². The molecule has 8 nitrogen and oxygen atoms in total. The molecule has 8 heteroatoms. The summed E-state index contributed by atoms with van der Waals surface area (Å²) in [7, 11) is 0. The Bertz CT molecular complexity index is 598. The first kappa shape index (κ1) is 14.6. The summed E-state index contributed by atoms with van der Waals surface area (Å²) in [6, 6.07) is 1.000. The number of aromatic amines is 1. The highest BCUT2D eigenvalue weighted by Gasteiger charge is 2.17. The predicted octanol–water partition coefficient (Wildman–Crippen LogP) is -1.38. The summed E-state index contributed by atoms with van der Waals surface area (Å²) in [6.07, 6.45) is 1.00. The molecule has 1 rings (SSSR count). The monoisotopic (exact) mass is 269 g/mol. The van der Waals surface area contributed by atoms with E-state index in [0.717, 1.165) is 12.3 Å². The predicted molar refractivity (Wildman–Crippen MR) is 62.8 cm³/mol. The van der Waals surface area contributed by atoms with E-state index in [1.165, 1.54) is 0 Å². The average Bonchev–Trinajstić information content (AvgIpc) is 2.33. The van der Waals surface area contributed by atoms with Gasteiger partial charge in [0, 0.05) is 12.3 Å². The first-order chi connectivity index (χ1) is 9.01. The molecule has 0 fully saturated rings. The second-order valence-corrected chi connectivity index (χ2v) is 3.27. The van der Waals surface area contributed by atoms with E-state index in [2.05, 4.69) is 9.47 Å². The van der Waals surface area contributed by atoms with Crippen LogP contribution in [0.1, 0.15) is 13.8 Å². The molecule has 0 atom stereocenters. The number of nitrogens with one attached hydrogen (secondary N) is 1. The first-order valence-corrected chi connectivity index (χ1v) is 5.54. The zero-order chi connectivity index (χ0) is 14.4. The molecule has 0 amide bonds. The van der Waals surface area contributed by atoms with Crippen LogP contribution in [0.3, 0.4) is 0 Å². The zero-order valence-electron chi connectivity index (χ0n) is 10.5. The van der Waals surface area contributed by atoms with Gasteiger partial charge in [-0.1, -0.05) is 6.92 Å². The van der Waals surface area contributed by atoms with Gasteiger partial charge in [0.05, 0.1) is 12.6 Å². The second kappa shape index (κ2) is 6.43. The topological polar surface area (TPSA) is 113 Å². The van der Waals surface area contributed by atoms with Gasteiger partial charge in [-0.2, -0.15) is 0 Å². The van der Waals surface area contributed by atoms with Crippen LogP contribution in [0.25, 0.3) is 5.70 Å². The van der Waals surface area contributed by atoms with Gasteiger partial charge < -0.3 is 14.6 Å². The Hall–Kier alpha value is -2.51. The number of carbonyl (C=O) groups excluding carboxylic acids is 1. The molecule has 0 aliphatic carbocycles. The molecule has 0 saturated carbocycles.